The molecular weight excluding hydrogens is 302 g/mol. The van der Waals surface area contributed by atoms with Gasteiger partial charge in [-0.15, -0.1) is 0 Å². The van der Waals surface area contributed by atoms with Crippen LogP contribution in [0.4, 0.5) is 5.82 Å². The maximum atomic E-state index is 6.07. The number of anilines is 1. The molecule has 2 aromatic heterocycles. The van der Waals surface area contributed by atoms with Crippen molar-refractivity contribution >= 4 is 16.9 Å². The van der Waals surface area contributed by atoms with E-state index in [-0.39, 0.29) is 6.10 Å². The van der Waals surface area contributed by atoms with E-state index in [0.29, 0.717) is 5.92 Å². The molecule has 6 heteroatoms. The highest BCUT2D eigenvalue weighted by atomic mass is 16.5. The Labute approximate surface area is 140 Å². The second-order valence-corrected chi connectivity index (χ2v) is 6.25. The molecule has 0 spiro atoms. The van der Waals surface area contributed by atoms with Crippen molar-refractivity contribution in [2.45, 2.75) is 18.9 Å². The smallest absolute Gasteiger partial charge is 0.186 e. The lowest BCUT2D eigenvalue weighted by atomic mass is 9.89. The molecule has 6 nitrogen and oxygen atoms in total. The van der Waals surface area contributed by atoms with Crippen LogP contribution in [-0.2, 0) is 11.8 Å². The molecule has 3 aromatic rings. The van der Waals surface area contributed by atoms with E-state index >= 15 is 0 Å². The van der Waals surface area contributed by atoms with Crippen molar-refractivity contribution in [1.82, 2.24) is 19.7 Å². The summed E-state index contributed by atoms with van der Waals surface area (Å²) in [7, 11) is 1.89. The summed E-state index contributed by atoms with van der Waals surface area (Å²) in [5.74, 6) is 1.26. The molecule has 1 aliphatic rings. The molecule has 24 heavy (non-hydrogen) atoms. The van der Waals surface area contributed by atoms with Gasteiger partial charge in [-0.25, -0.2) is 9.97 Å². The van der Waals surface area contributed by atoms with Crippen molar-refractivity contribution in [3.63, 3.8) is 0 Å². The van der Waals surface area contributed by atoms with Crippen molar-refractivity contribution in [2.24, 2.45) is 13.0 Å². The third kappa shape index (κ3) is 2.97. The summed E-state index contributed by atoms with van der Waals surface area (Å²) in [6.07, 6.45) is 5.89. The predicted octanol–water partition coefficient (Wildman–Crippen LogP) is 2.94. The number of ether oxygens (including phenoxy) is 1. The predicted molar refractivity (Wildman–Crippen MR) is 92.7 cm³/mol. The lowest BCUT2D eigenvalue weighted by Gasteiger charge is -2.32. The zero-order valence-electron chi connectivity index (χ0n) is 13.7. The van der Waals surface area contributed by atoms with Gasteiger partial charge in [0.1, 0.15) is 12.1 Å². The van der Waals surface area contributed by atoms with Crippen LogP contribution in [-0.4, -0.2) is 32.9 Å². The van der Waals surface area contributed by atoms with E-state index < -0.39 is 0 Å². The zero-order valence-corrected chi connectivity index (χ0v) is 13.7. The Kier molecular flexibility index (Phi) is 4.13. The van der Waals surface area contributed by atoms with Crippen LogP contribution in [0, 0.1) is 5.92 Å². The highest BCUT2D eigenvalue weighted by Crippen LogP contribution is 2.33. The molecule has 0 radical (unpaired) electrons. The topological polar surface area (TPSA) is 64.9 Å². The van der Waals surface area contributed by atoms with Crippen LogP contribution in [0.15, 0.2) is 42.9 Å². The molecule has 2 unspecified atom stereocenters. The van der Waals surface area contributed by atoms with E-state index in [2.05, 4.69) is 44.6 Å². The summed E-state index contributed by atoms with van der Waals surface area (Å²) < 4.78 is 7.83. The number of hydrogen-bond donors (Lipinski definition) is 1. The lowest BCUT2D eigenvalue weighted by Crippen LogP contribution is -2.28. The summed E-state index contributed by atoms with van der Waals surface area (Å²) in [4.78, 5) is 8.60. The van der Waals surface area contributed by atoms with Crippen LogP contribution in [0.5, 0.6) is 0 Å². The first-order valence-electron chi connectivity index (χ1n) is 8.36. The third-order valence-corrected chi connectivity index (χ3v) is 4.54. The lowest BCUT2D eigenvalue weighted by molar-refractivity contribution is -0.0238. The number of nitrogens with one attached hydrogen (secondary N) is 1. The Morgan fingerprint density at radius 1 is 1.25 bits per heavy atom. The highest BCUT2D eigenvalue weighted by Gasteiger charge is 2.27. The van der Waals surface area contributed by atoms with Crippen molar-refractivity contribution in [3.05, 3.63) is 48.4 Å². The van der Waals surface area contributed by atoms with Crippen molar-refractivity contribution in [3.8, 4) is 0 Å². The Morgan fingerprint density at radius 3 is 3.00 bits per heavy atom. The van der Waals surface area contributed by atoms with Gasteiger partial charge in [0.2, 0.25) is 0 Å². The maximum Gasteiger partial charge on any atom is 0.186 e. The molecule has 1 fully saturated rings. The standard InChI is InChI=1S/C18H21N5O/c1-23-11-15-17(20-12-21-18(15)22-23)19-10-14-8-5-9-24-16(14)13-6-3-2-4-7-13/h2-4,6-7,11-12,14,16H,5,8-10H2,1H3,(H,19,20,21,22). The van der Waals surface area contributed by atoms with Crippen LogP contribution in [0.3, 0.4) is 0 Å². The molecule has 1 aromatic carbocycles. The summed E-state index contributed by atoms with van der Waals surface area (Å²) in [6.45, 7) is 1.65. The second kappa shape index (κ2) is 6.57. The minimum atomic E-state index is 0.138. The van der Waals surface area contributed by atoms with Gasteiger partial charge in [0.05, 0.1) is 11.5 Å². The second-order valence-electron chi connectivity index (χ2n) is 6.25. The van der Waals surface area contributed by atoms with Crippen molar-refractivity contribution < 1.29 is 4.74 Å². The molecule has 4 rings (SSSR count). The molecular formula is C18H21N5O. The van der Waals surface area contributed by atoms with E-state index in [1.807, 2.05) is 19.3 Å². The van der Waals surface area contributed by atoms with E-state index in [9.17, 15) is 0 Å². The Bertz CT molecular complexity index is 817. The zero-order chi connectivity index (χ0) is 16.4. The fraction of sp³-hybridized carbons (Fsp3) is 0.389. The molecule has 1 saturated heterocycles. The molecule has 1 N–H and O–H groups in total. The minimum Gasteiger partial charge on any atom is -0.373 e. The van der Waals surface area contributed by atoms with E-state index in [0.717, 1.165) is 42.8 Å². The Morgan fingerprint density at radius 2 is 2.12 bits per heavy atom. The minimum absolute atomic E-state index is 0.138. The van der Waals surface area contributed by atoms with Crippen LogP contribution in [0.25, 0.3) is 11.0 Å². The van der Waals surface area contributed by atoms with Gasteiger partial charge in [0.15, 0.2) is 5.65 Å². The number of fused-ring (bicyclic) bond motifs is 1. The largest absolute Gasteiger partial charge is 0.373 e. The molecule has 0 bridgehead atoms. The van der Waals surface area contributed by atoms with Crippen molar-refractivity contribution in [1.29, 1.82) is 0 Å². The summed E-state index contributed by atoms with van der Waals surface area (Å²) in [6, 6.07) is 10.5. The number of aromatic nitrogens is 4. The Hall–Kier alpha value is -2.47. The van der Waals surface area contributed by atoms with Gasteiger partial charge in [-0.1, -0.05) is 30.3 Å². The Balaban J connectivity index is 1.53. The number of rotatable bonds is 4. The molecule has 0 saturated carbocycles. The van der Waals surface area contributed by atoms with E-state index in [1.54, 1.807) is 11.0 Å². The van der Waals surface area contributed by atoms with Crippen LogP contribution in [0.1, 0.15) is 24.5 Å². The fourth-order valence-corrected chi connectivity index (χ4v) is 3.38. The summed E-state index contributed by atoms with van der Waals surface area (Å²) in [5, 5.41) is 8.77. The SMILES string of the molecule is Cn1cc2c(NCC3CCCOC3c3ccccc3)ncnc2n1. The number of aryl methyl sites for hydroxylation is 1. The fourth-order valence-electron chi connectivity index (χ4n) is 3.38. The molecule has 3 heterocycles. The number of hydrogen-bond acceptors (Lipinski definition) is 5. The van der Waals surface area contributed by atoms with Crippen LogP contribution in [0.2, 0.25) is 0 Å². The van der Waals surface area contributed by atoms with Gasteiger partial charge in [0.25, 0.3) is 0 Å². The summed E-state index contributed by atoms with van der Waals surface area (Å²) in [5.41, 5.74) is 1.97. The summed E-state index contributed by atoms with van der Waals surface area (Å²) >= 11 is 0. The highest BCUT2D eigenvalue weighted by molar-refractivity contribution is 5.85. The van der Waals surface area contributed by atoms with Gasteiger partial charge in [-0.05, 0) is 18.4 Å². The van der Waals surface area contributed by atoms with E-state index in [1.165, 1.54) is 5.56 Å². The third-order valence-electron chi connectivity index (χ3n) is 4.54. The van der Waals surface area contributed by atoms with Gasteiger partial charge < -0.3 is 10.1 Å². The molecule has 1 aliphatic heterocycles. The van der Waals surface area contributed by atoms with Crippen molar-refractivity contribution in [2.75, 3.05) is 18.5 Å². The average molecular weight is 323 g/mol. The first-order chi connectivity index (χ1) is 11.8. The quantitative estimate of drug-likeness (QED) is 0.800. The molecule has 124 valence electrons. The average Bonchev–Trinajstić information content (AvgIpc) is 3.02. The van der Waals surface area contributed by atoms with Crippen LogP contribution >= 0.6 is 0 Å². The first-order valence-corrected chi connectivity index (χ1v) is 8.36. The normalized spacial score (nSPS) is 21.0. The van der Waals surface area contributed by atoms with Gasteiger partial charge in [0, 0.05) is 32.3 Å². The van der Waals surface area contributed by atoms with Gasteiger partial charge in [-0.2, -0.15) is 5.10 Å². The monoisotopic (exact) mass is 323 g/mol. The molecule has 0 amide bonds. The number of benzene rings is 1. The molecule has 0 aliphatic carbocycles. The van der Waals surface area contributed by atoms with Crippen LogP contribution < -0.4 is 5.32 Å². The van der Waals surface area contributed by atoms with Gasteiger partial charge in [-0.3, -0.25) is 4.68 Å². The number of nitrogens with zero attached hydrogens (tertiary/aromatic N) is 4. The first kappa shape index (κ1) is 15.1. The van der Waals surface area contributed by atoms with E-state index in [4.69, 9.17) is 4.74 Å². The molecule has 2 atom stereocenters. The maximum absolute atomic E-state index is 6.07. The van der Waals surface area contributed by atoms with Gasteiger partial charge >= 0.3 is 0 Å².